The molecular weight excluding hydrogens is 530 g/mol. The summed E-state index contributed by atoms with van der Waals surface area (Å²) in [6.07, 6.45) is 3.15. The monoisotopic (exact) mass is 553 g/mol. The Morgan fingerprint density at radius 3 is 2.43 bits per heavy atom. The van der Waals surface area contributed by atoms with Crippen LogP contribution in [0.15, 0.2) is 77.3 Å². The Bertz CT molecular complexity index is 1240. The summed E-state index contributed by atoms with van der Waals surface area (Å²) in [6.45, 7) is 2.60. The first-order chi connectivity index (χ1) is 16.9. The van der Waals surface area contributed by atoms with Gasteiger partial charge in [-0.15, -0.1) is 0 Å². The number of rotatable bonds is 6. The molecule has 6 nitrogen and oxygen atoms in total. The molecule has 0 spiro atoms. The minimum atomic E-state index is -0.274. The van der Waals surface area contributed by atoms with Gasteiger partial charge in [-0.2, -0.15) is 0 Å². The molecule has 0 aliphatic carbocycles. The zero-order chi connectivity index (χ0) is 24.8. The van der Waals surface area contributed by atoms with E-state index in [1.165, 1.54) is 6.08 Å². The van der Waals surface area contributed by atoms with Crippen LogP contribution in [0.4, 0.5) is 11.4 Å². The number of hydrogen-bond donors (Lipinski definition) is 1. The van der Waals surface area contributed by atoms with Gasteiger partial charge in [0.05, 0.1) is 17.8 Å². The van der Waals surface area contributed by atoms with Gasteiger partial charge >= 0.3 is 0 Å². The average Bonchev–Trinajstić information content (AvgIpc) is 2.88. The molecule has 2 amide bonds. The van der Waals surface area contributed by atoms with Crippen molar-refractivity contribution in [2.24, 2.45) is 0 Å². The number of piperazine rings is 1. The number of amides is 2. The summed E-state index contributed by atoms with van der Waals surface area (Å²) in [7, 11) is 1.59. The van der Waals surface area contributed by atoms with Gasteiger partial charge in [0.15, 0.2) is 0 Å². The first-order valence-electron chi connectivity index (χ1n) is 11.2. The van der Waals surface area contributed by atoms with E-state index >= 15 is 0 Å². The van der Waals surface area contributed by atoms with Gasteiger partial charge in [-0.25, -0.2) is 0 Å². The van der Waals surface area contributed by atoms with E-state index in [1.54, 1.807) is 19.3 Å². The van der Waals surface area contributed by atoms with Gasteiger partial charge in [-0.1, -0.05) is 45.7 Å². The number of ether oxygens (including phenoxy) is 1. The molecule has 180 valence electrons. The van der Waals surface area contributed by atoms with Crippen molar-refractivity contribution in [1.29, 1.82) is 0 Å². The Hall–Kier alpha value is -3.29. The summed E-state index contributed by atoms with van der Waals surface area (Å²) in [5.74, 6) is 0.446. The van der Waals surface area contributed by atoms with Gasteiger partial charge in [0.1, 0.15) is 5.75 Å². The molecule has 0 bridgehead atoms. The van der Waals surface area contributed by atoms with Crippen LogP contribution in [0.25, 0.3) is 6.08 Å². The average molecular weight is 555 g/mol. The molecule has 35 heavy (non-hydrogen) atoms. The van der Waals surface area contributed by atoms with Gasteiger partial charge in [-0.05, 0) is 54.6 Å². The second-order valence-electron chi connectivity index (χ2n) is 8.02. The molecule has 0 saturated carbocycles. The van der Waals surface area contributed by atoms with Crippen LogP contribution in [0.2, 0.25) is 5.02 Å². The molecule has 0 unspecified atom stereocenters. The van der Waals surface area contributed by atoms with Crippen molar-refractivity contribution in [3.8, 4) is 5.75 Å². The largest absolute Gasteiger partial charge is 0.496 e. The maximum absolute atomic E-state index is 12.7. The fraction of sp³-hybridized carbons (Fsp3) is 0.185. The van der Waals surface area contributed by atoms with Gasteiger partial charge in [0, 0.05) is 53.5 Å². The molecule has 1 saturated heterocycles. The summed E-state index contributed by atoms with van der Waals surface area (Å²) >= 11 is 9.98. The second-order valence-corrected chi connectivity index (χ2v) is 9.34. The summed E-state index contributed by atoms with van der Waals surface area (Å²) in [4.78, 5) is 29.1. The van der Waals surface area contributed by atoms with Crippen LogP contribution < -0.4 is 15.0 Å². The van der Waals surface area contributed by atoms with E-state index < -0.39 is 0 Å². The number of methoxy groups -OCH3 is 1. The van der Waals surface area contributed by atoms with Crippen LogP contribution in [0.5, 0.6) is 5.75 Å². The molecule has 1 heterocycles. The first kappa shape index (κ1) is 24.8. The zero-order valence-corrected chi connectivity index (χ0v) is 21.6. The molecule has 0 aromatic heterocycles. The molecule has 0 atom stereocenters. The summed E-state index contributed by atoms with van der Waals surface area (Å²) in [6, 6.07) is 20.4. The van der Waals surface area contributed by atoms with Crippen LogP contribution in [-0.4, -0.2) is 50.0 Å². The number of nitrogens with one attached hydrogen (secondary N) is 1. The third kappa shape index (κ3) is 6.24. The van der Waals surface area contributed by atoms with E-state index in [9.17, 15) is 9.59 Å². The fourth-order valence-corrected chi connectivity index (χ4v) is 4.62. The standard InChI is InChI=1S/C27H25BrClN3O3/c1-35-25-11-8-21(28)17-20(25)7-12-26(33)30-22-9-10-24(23(29)18-22)31-13-15-32(16-14-31)27(34)19-5-3-2-4-6-19/h2-12,17-18H,13-16H2,1H3,(H,30,33)/b12-7+. The normalized spacial score (nSPS) is 13.7. The topological polar surface area (TPSA) is 61.9 Å². The summed E-state index contributed by atoms with van der Waals surface area (Å²) in [5.41, 5.74) is 2.97. The number of halogens is 2. The van der Waals surface area contributed by atoms with Gasteiger partial charge in [-0.3, -0.25) is 9.59 Å². The Morgan fingerprint density at radius 2 is 1.74 bits per heavy atom. The van der Waals surface area contributed by atoms with E-state index in [1.807, 2.05) is 65.6 Å². The Morgan fingerprint density at radius 1 is 1.00 bits per heavy atom. The summed E-state index contributed by atoms with van der Waals surface area (Å²) in [5, 5.41) is 3.39. The van der Waals surface area contributed by atoms with E-state index in [0.29, 0.717) is 48.2 Å². The minimum absolute atomic E-state index is 0.0444. The lowest BCUT2D eigenvalue weighted by molar-refractivity contribution is -0.111. The molecule has 3 aromatic carbocycles. The van der Waals surface area contributed by atoms with Crippen molar-refractivity contribution >= 4 is 56.8 Å². The van der Waals surface area contributed by atoms with E-state index in [-0.39, 0.29) is 11.8 Å². The molecule has 8 heteroatoms. The Balaban J connectivity index is 1.35. The molecule has 1 aliphatic rings. The molecule has 0 radical (unpaired) electrons. The quantitative estimate of drug-likeness (QED) is 0.396. The van der Waals surface area contributed by atoms with Crippen LogP contribution in [-0.2, 0) is 4.79 Å². The van der Waals surface area contributed by atoms with Crippen LogP contribution in [0.1, 0.15) is 15.9 Å². The van der Waals surface area contributed by atoms with Crippen LogP contribution >= 0.6 is 27.5 Å². The second kappa shape index (κ2) is 11.4. The predicted octanol–water partition coefficient (Wildman–Crippen LogP) is 5.73. The van der Waals surface area contributed by atoms with E-state index in [2.05, 4.69) is 26.1 Å². The van der Waals surface area contributed by atoms with Crippen molar-refractivity contribution < 1.29 is 14.3 Å². The summed E-state index contributed by atoms with van der Waals surface area (Å²) < 4.78 is 6.23. The lowest BCUT2D eigenvalue weighted by atomic mass is 10.1. The van der Waals surface area contributed by atoms with E-state index in [0.717, 1.165) is 15.7 Å². The molecule has 1 N–H and O–H groups in total. The third-order valence-corrected chi connectivity index (χ3v) is 6.55. The van der Waals surface area contributed by atoms with Gasteiger partial charge in [0.25, 0.3) is 5.91 Å². The number of carbonyl (C=O) groups is 2. The SMILES string of the molecule is COc1ccc(Br)cc1/C=C/C(=O)Nc1ccc(N2CCN(C(=O)c3ccccc3)CC2)c(Cl)c1. The highest BCUT2D eigenvalue weighted by atomic mass is 79.9. The molecule has 1 fully saturated rings. The molecular formula is C27H25BrClN3O3. The van der Waals surface area contributed by atoms with Crippen molar-refractivity contribution in [2.45, 2.75) is 0 Å². The van der Waals surface area contributed by atoms with Gasteiger partial charge in [0.2, 0.25) is 5.91 Å². The lowest BCUT2D eigenvalue weighted by Crippen LogP contribution is -2.48. The maximum Gasteiger partial charge on any atom is 0.253 e. The van der Waals surface area contributed by atoms with Crippen molar-refractivity contribution in [1.82, 2.24) is 4.90 Å². The maximum atomic E-state index is 12.7. The minimum Gasteiger partial charge on any atom is -0.496 e. The highest BCUT2D eigenvalue weighted by Gasteiger charge is 2.23. The highest BCUT2D eigenvalue weighted by Crippen LogP contribution is 2.30. The third-order valence-electron chi connectivity index (χ3n) is 5.75. The van der Waals surface area contributed by atoms with Crippen LogP contribution in [0.3, 0.4) is 0 Å². The molecule has 3 aromatic rings. The smallest absolute Gasteiger partial charge is 0.253 e. The zero-order valence-electron chi connectivity index (χ0n) is 19.2. The number of nitrogens with zero attached hydrogens (tertiary/aromatic N) is 2. The number of benzene rings is 3. The first-order valence-corrected chi connectivity index (χ1v) is 12.3. The van der Waals surface area contributed by atoms with Crippen molar-refractivity contribution in [3.05, 3.63) is 93.4 Å². The Labute approximate surface area is 218 Å². The lowest BCUT2D eigenvalue weighted by Gasteiger charge is -2.36. The van der Waals surface area contributed by atoms with Crippen LogP contribution in [0, 0.1) is 0 Å². The highest BCUT2D eigenvalue weighted by molar-refractivity contribution is 9.10. The predicted molar refractivity (Wildman–Crippen MR) is 144 cm³/mol. The number of anilines is 2. The molecule has 1 aliphatic heterocycles. The van der Waals surface area contributed by atoms with Crippen molar-refractivity contribution in [3.63, 3.8) is 0 Å². The molecule has 4 rings (SSSR count). The number of carbonyl (C=O) groups excluding carboxylic acids is 2. The fourth-order valence-electron chi connectivity index (χ4n) is 3.94. The van der Waals surface area contributed by atoms with E-state index in [4.69, 9.17) is 16.3 Å². The Kier molecular flexibility index (Phi) is 8.10. The number of hydrogen-bond acceptors (Lipinski definition) is 4. The van der Waals surface area contributed by atoms with Crippen molar-refractivity contribution in [2.75, 3.05) is 43.5 Å². The van der Waals surface area contributed by atoms with Gasteiger partial charge < -0.3 is 19.9 Å².